The van der Waals surface area contributed by atoms with Crippen LogP contribution >= 0.6 is 0 Å². The van der Waals surface area contributed by atoms with E-state index in [1.54, 1.807) is 14.2 Å². The minimum absolute atomic E-state index is 0.00921. The summed E-state index contributed by atoms with van der Waals surface area (Å²) in [5.41, 5.74) is 4.27. The van der Waals surface area contributed by atoms with Crippen molar-refractivity contribution in [2.24, 2.45) is 0 Å². The Labute approximate surface area is 199 Å². The van der Waals surface area contributed by atoms with E-state index in [-0.39, 0.29) is 11.9 Å². The van der Waals surface area contributed by atoms with Crippen molar-refractivity contribution in [1.29, 1.82) is 0 Å². The van der Waals surface area contributed by atoms with E-state index >= 15 is 0 Å². The van der Waals surface area contributed by atoms with E-state index in [9.17, 15) is 4.79 Å². The molecule has 3 heterocycles. The third-order valence-corrected chi connectivity index (χ3v) is 6.64. The number of nitrogens with one attached hydrogen (secondary N) is 1. The number of morpholine rings is 1. The maximum absolute atomic E-state index is 13.5. The van der Waals surface area contributed by atoms with E-state index in [2.05, 4.69) is 15.1 Å². The van der Waals surface area contributed by atoms with E-state index in [4.69, 9.17) is 14.2 Å². The molecule has 0 bridgehead atoms. The Balaban J connectivity index is 1.46. The van der Waals surface area contributed by atoms with Gasteiger partial charge in [0.15, 0.2) is 0 Å². The normalized spacial score (nSPS) is 18.2. The third kappa shape index (κ3) is 4.26. The van der Waals surface area contributed by atoms with Gasteiger partial charge in [0.05, 0.1) is 39.2 Å². The van der Waals surface area contributed by atoms with Crippen LogP contribution in [0.4, 0.5) is 0 Å². The van der Waals surface area contributed by atoms with Gasteiger partial charge in [-0.15, -0.1) is 0 Å². The van der Waals surface area contributed by atoms with Crippen molar-refractivity contribution in [3.05, 3.63) is 65.4 Å². The van der Waals surface area contributed by atoms with Crippen LogP contribution in [0.15, 0.2) is 48.5 Å². The molecule has 1 atom stereocenters. The molecule has 2 aliphatic heterocycles. The van der Waals surface area contributed by atoms with E-state index in [0.29, 0.717) is 12.2 Å². The Morgan fingerprint density at radius 2 is 1.62 bits per heavy atom. The smallest absolute Gasteiger partial charge is 0.273 e. The highest BCUT2D eigenvalue weighted by Crippen LogP contribution is 2.43. The number of aromatic amines is 1. The van der Waals surface area contributed by atoms with Crippen molar-refractivity contribution in [3.63, 3.8) is 0 Å². The Morgan fingerprint density at radius 1 is 0.971 bits per heavy atom. The maximum Gasteiger partial charge on any atom is 0.273 e. The summed E-state index contributed by atoms with van der Waals surface area (Å²) in [4.78, 5) is 17.9. The number of rotatable bonds is 8. The molecule has 1 aromatic heterocycles. The van der Waals surface area contributed by atoms with Crippen LogP contribution in [0.5, 0.6) is 11.5 Å². The molecule has 5 rings (SSSR count). The van der Waals surface area contributed by atoms with Crippen LogP contribution < -0.4 is 9.47 Å². The van der Waals surface area contributed by atoms with Gasteiger partial charge in [0.25, 0.3) is 5.91 Å². The number of carbonyl (C=O) groups excluding carboxylic acids is 1. The molecule has 8 heteroatoms. The number of ether oxygens (including phenoxy) is 3. The number of amides is 1. The molecule has 2 aromatic carbocycles. The number of carbonyl (C=O) groups is 1. The predicted molar refractivity (Wildman–Crippen MR) is 128 cm³/mol. The first-order chi connectivity index (χ1) is 16.7. The van der Waals surface area contributed by atoms with Crippen LogP contribution in [-0.2, 0) is 4.74 Å². The summed E-state index contributed by atoms with van der Waals surface area (Å²) in [5.74, 6) is 1.56. The highest BCUT2D eigenvalue weighted by atomic mass is 16.5. The minimum Gasteiger partial charge on any atom is -0.497 e. The molecular formula is C26H30N4O4. The zero-order chi connectivity index (χ0) is 23.5. The quantitative estimate of drug-likeness (QED) is 0.553. The van der Waals surface area contributed by atoms with Crippen LogP contribution in [0.2, 0.25) is 0 Å². The fraction of sp³-hybridized carbons (Fsp3) is 0.385. The first-order valence-electron chi connectivity index (χ1n) is 11.7. The lowest BCUT2D eigenvalue weighted by molar-refractivity contribution is 0.0354. The number of hydrogen-bond acceptors (Lipinski definition) is 6. The van der Waals surface area contributed by atoms with Gasteiger partial charge in [0, 0.05) is 37.3 Å². The van der Waals surface area contributed by atoms with Crippen LogP contribution in [0, 0.1) is 0 Å². The molecule has 1 fully saturated rings. The SMILES string of the molecule is COc1ccc(-c2n[nH]c3c2C(c2ccc(OC)cc2)N(CCCN2CCOCC2)C3=O)cc1. The molecule has 0 radical (unpaired) electrons. The fourth-order valence-corrected chi connectivity index (χ4v) is 4.82. The van der Waals surface area contributed by atoms with Crippen molar-refractivity contribution < 1.29 is 19.0 Å². The molecular weight excluding hydrogens is 432 g/mol. The van der Waals surface area contributed by atoms with E-state index in [1.165, 1.54) is 0 Å². The lowest BCUT2D eigenvalue weighted by Crippen LogP contribution is -2.38. The third-order valence-electron chi connectivity index (χ3n) is 6.64. The maximum atomic E-state index is 13.5. The Bertz CT molecular complexity index is 1120. The fourth-order valence-electron chi connectivity index (χ4n) is 4.82. The molecule has 1 N–H and O–H groups in total. The summed E-state index contributed by atoms with van der Waals surface area (Å²) in [6, 6.07) is 15.5. The summed E-state index contributed by atoms with van der Waals surface area (Å²) in [6.07, 6.45) is 0.897. The standard InChI is InChI=1S/C26H30N4O4/c1-32-20-8-4-18(5-9-20)23-22-24(28-27-23)26(31)30(13-3-12-29-14-16-34-17-15-29)25(22)19-6-10-21(33-2)11-7-19/h4-11,25H,3,12-17H2,1-2H3,(H,27,28). The number of hydrogen-bond donors (Lipinski definition) is 1. The van der Waals surface area contributed by atoms with Gasteiger partial charge in [-0.3, -0.25) is 14.8 Å². The summed E-state index contributed by atoms with van der Waals surface area (Å²) >= 11 is 0. The zero-order valence-electron chi connectivity index (χ0n) is 19.6. The van der Waals surface area contributed by atoms with Gasteiger partial charge in [-0.05, 0) is 48.4 Å². The lowest BCUT2D eigenvalue weighted by Gasteiger charge is -2.29. The van der Waals surface area contributed by atoms with Crippen LogP contribution in [-0.4, -0.2) is 79.5 Å². The summed E-state index contributed by atoms with van der Waals surface area (Å²) < 4.78 is 16.1. The first kappa shape index (κ1) is 22.4. The molecule has 0 spiro atoms. The lowest BCUT2D eigenvalue weighted by atomic mass is 9.96. The average Bonchev–Trinajstić information content (AvgIpc) is 3.44. The molecule has 8 nitrogen and oxygen atoms in total. The molecule has 1 unspecified atom stereocenters. The van der Waals surface area contributed by atoms with Gasteiger partial charge in [-0.1, -0.05) is 12.1 Å². The molecule has 1 amide bonds. The molecule has 2 aliphatic rings. The molecule has 178 valence electrons. The van der Waals surface area contributed by atoms with Crippen molar-refractivity contribution in [1.82, 2.24) is 20.0 Å². The second-order valence-electron chi connectivity index (χ2n) is 8.57. The highest BCUT2D eigenvalue weighted by Gasteiger charge is 2.41. The second kappa shape index (κ2) is 9.87. The van der Waals surface area contributed by atoms with Crippen molar-refractivity contribution in [3.8, 4) is 22.8 Å². The van der Waals surface area contributed by atoms with Crippen LogP contribution in [0.3, 0.4) is 0 Å². The monoisotopic (exact) mass is 462 g/mol. The Hall–Kier alpha value is -3.36. The second-order valence-corrected chi connectivity index (χ2v) is 8.57. The van der Waals surface area contributed by atoms with Crippen LogP contribution in [0.1, 0.15) is 34.1 Å². The van der Waals surface area contributed by atoms with Crippen LogP contribution in [0.25, 0.3) is 11.3 Å². The highest BCUT2D eigenvalue weighted by molar-refractivity contribution is 6.00. The van der Waals surface area contributed by atoms with Gasteiger partial charge in [-0.25, -0.2) is 0 Å². The van der Waals surface area contributed by atoms with Crippen molar-refractivity contribution >= 4 is 5.91 Å². The topological polar surface area (TPSA) is 79.9 Å². The van der Waals surface area contributed by atoms with E-state index < -0.39 is 0 Å². The number of methoxy groups -OCH3 is 2. The molecule has 34 heavy (non-hydrogen) atoms. The number of nitrogens with zero attached hydrogens (tertiary/aromatic N) is 3. The van der Waals surface area contributed by atoms with Gasteiger partial charge in [-0.2, -0.15) is 5.10 Å². The number of benzene rings is 2. The van der Waals surface area contributed by atoms with E-state index in [1.807, 2.05) is 53.4 Å². The van der Waals surface area contributed by atoms with Gasteiger partial charge in [0.2, 0.25) is 0 Å². The number of aromatic nitrogens is 2. The Morgan fingerprint density at radius 3 is 2.26 bits per heavy atom. The van der Waals surface area contributed by atoms with E-state index in [0.717, 1.165) is 73.2 Å². The molecule has 3 aromatic rings. The number of fused-ring (bicyclic) bond motifs is 1. The zero-order valence-corrected chi connectivity index (χ0v) is 19.6. The van der Waals surface area contributed by atoms with Crippen molar-refractivity contribution in [2.45, 2.75) is 12.5 Å². The van der Waals surface area contributed by atoms with Gasteiger partial charge >= 0.3 is 0 Å². The first-order valence-corrected chi connectivity index (χ1v) is 11.7. The Kier molecular flexibility index (Phi) is 6.51. The van der Waals surface area contributed by atoms with Gasteiger partial charge in [0.1, 0.15) is 17.2 Å². The average molecular weight is 463 g/mol. The molecule has 0 saturated carbocycles. The summed E-state index contributed by atoms with van der Waals surface area (Å²) in [5, 5.41) is 7.58. The molecule has 0 aliphatic carbocycles. The van der Waals surface area contributed by atoms with Gasteiger partial charge < -0.3 is 19.1 Å². The molecule has 1 saturated heterocycles. The van der Waals surface area contributed by atoms with Crippen molar-refractivity contribution in [2.75, 3.05) is 53.6 Å². The minimum atomic E-state index is -0.214. The summed E-state index contributed by atoms with van der Waals surface area (Å²) in [6.45, 7) is 5.05. The predicted octanol–water partition coefficient (Wildman–Crippen LogP) is 3.36. The summed E-state index contributed by atoms with van der Waals surface area (Å²) in [7, 11) is 3.30. The largest absolute Gasteiger partial charge is 0.497 e. The number of H-pyrrole nitrogens is 1.